The Morgan fingerprint density at radius 1 is 1.09 bits per heavy atom. The van der Waals surface area contributed by atoms with Crippen LogP contribution in [0.2, 0.25) is 0 Å². The lowest BCUT2D eigenvalue weighted by Gasteiger charge is -2.46. The maximum atomic E-state index is 16.0. The Kier molecular flexibility index (Phi) is 7.94. The molecule has 1 saturated heterocycles. The highest BCUT2D eigenvalue weighted by Crippen LogP contribution is 2.49. The molecule has 0 radical (unpaired) electrons. The van der Waals surface area contributed by atoms with Crippen molar-refractivity contribution in [2.24, 2.45) is 0 Å². The maximum Gasteiger partial charge on any atom is 0.412 e. The number of piperidine rings is 1. The number of methoxy groups -OCH3 is 1. The van der Waals surface area contributed by atoms with Crippen LogP contribution in [0.25, 0.3) is 0 Å². The van der Waals surface area contributed by atoms with Crippen molar-refractivity contribution in [2.45, 2.75) is 49.7 Å². The van der Waals surface area contributed by atoms with E-state index in [9.17, 15) is 19.2 Å². The van der Waals surface area contributed by atoms with E-state index in [2.05, 4.69) is 20.7 Å². The van der Waals surface area contributed by atoms with Gasteiger partial charge in [-0.1, -0.05) is 36.4 Å². The molecule has 10 nitrogen and oxygen atoms in total. The van der Waals surface area contributed by atoms with Gasteiger partial charge < -0.3 is 19.7 Å². The zero-order chi connectivity index (χ0) is 30.8. The Bertz CT molecular complexity index is 1590. The Morgan fingerprint density at radius 3 is 2.55 bits per heavy atom. The van der Waals surface area contributed by atoms with Gasteiger partial charge in [0, 0.05) is 24.2 Å². The van der Waals surface area contributed by atoms with E-state index < -0.39 is 35.6 Å². The monoisotopic (exact) mass is 600 g/mol. The Balaban J connectivity index is 1.26. The fourth-order valence-corrected chi connectivity index (χ4v) is 6.10. The number of fused-ring (bicyclic) bond motifs is 2. The number of anilines is 2. The summed E-state index contributed by atoms with van der Waals surface area (Å²) >= 11 is 0. The van der Waals surface area contributed by atoms with Crippen LogP contribution < -0.4 is 16.0 Å². The summed E-state index contributed by atoms with van der Waals surface area (Å²) in [6.45, 7) is 0.326. The average molecular weight is 601 g/mol. The predicted molar refractivity (Wildman–Crippen MR) is 160 cm³/mol. The lowest BCUT2D eigenvalue weighted by molar-refractivity contribution is -0.141. The van der Waals surface area contributed by atoms with Crippen LogP contribution in [0.5, 0.6) is 0 Å². The first-order valence-corrected chi connectivity index (χ1v) is 14.7. The van der Waals surface area contributed by atoms with Gasteiger partial charge in [0.2, 0.25) is 5.91 Å². The van der Waals surface area contributed by atoms with Crippen molar-refractivity contribution in [3.63, 3.8) is 0 Å². The van der Waals surface area contributed by atoms with Crippen molar-refractivity contribution in [3.8, 4) is 0 Å². The van der Waals surface area contributed by atoms with E-state index in [0.717, 1.165) is 18.4 Å². The molecule has 11 heteroatoms. The van der Waals surface area contributed by atoms with Crippen LogP contribution in [0.3, 0.4) is 0 Å². The van der Waals surface area contributed by atoms with Crippen molar-refractivity contribution in [1.82, 2.24) is 10.2 Å². The van der Waals surface area contributed by atoms with Crippen LogP contribution in [-0.2, 0) is 26.3 Å². The van der Waals surface area contributed by atoms with Crippen molar-refractivity contribution >= 4 is 35.4 Å². The molecule has 228 valence electrons. The summed E-state index contributed by atoms with van der Waals surface area (Å²) in [5.41, 5.74) is 1.47. The van der Waals surface area contributed by atoms with Gasteiger partial charge in [-0.3, -0.25) is 20.2 Å². The lowest BCUT2D eigenvalue weighted by Crippen LogP contribution is -2.58. The molecule has 0 aromatic heterocycles. The second-order valence-electron chi connectivity index (χ2n) is 11.4. The third-order valence-corrected chi connectivity index (χ3v) is 8.40. The molecule has 4 amide bonds. The highest BCUT2D eigenvalue weighted by Gasteiger charge is 2.49. The number of rotatable bonds is 7. The van der Waals surface area contributed by atoms with Gasteiger partial charge in [-0.15, -0.1) is 0 Å². The summed E-state index contributed by atoms with van der Waals surface area (Å²) in [7, 11) is 1.25. The van der Waals surface area contributed by atoms with Crippen LogP contribution in [0, 0.1) is 5.82 Å². The normalized spacial score (nSPS) is 19.7. The molecule has 0 unspecified atom stereocenters. The van der Waals surface area contributed by atoms with Crippen LogP contribution in [0.15, 0.2) is 66.7 Å². The Labute approximate surface area is 253 Å². The van der Waals surface area contributed by atoms with Crippen LogP contribution in [-0.4, -0.2) is 55.1 Å². The van der Waals surface area contributed by atoms with Gasteiger partial charge in [-0.25, -0.2) is 14.0 Å². The molecule has 3 aromatic rings. The molecule has 2 aliphatic heterocycles. The molecule has 0 bridgehead atoms. The van der Waals surface area contributed by atoms with Gasteiger partial charge in [0.25, 0.3) is 5.91 Å². The van der Waals surface area contributed by atoms with E-state index >= 15 is 4.39 Å². The van der Waals surface area contributed by atoms with E-state index in [1.165, 1.54) is 19.2 Å². The number of hydrogen-bond acceptors (Lipinski definition) is 6. The molecule has 3 aliphatic rings. The zero-order valence-corrected chi connectivity index (χ0v) is 24.2. The summed E-state index contributed by atoms with van der Waals surface area (Å²) in [5.74, 6) is -1.08. The molecule has 3 N–H and O–H groups in total. The molecule has 2 heterocycles. The van der Waals surface area contributed by atoms with Gasteiger partial charge >= 0.3 is 12.2 Å². The quantitative estimate of drug-likeness (QED) is 0.338. The molecule has 44 heavy (non-hydrogen) atoms. The number of likely N-dealkylation sites (tertiary alicyclic amines) is 1. The van der Waals surface area contributed by atoms with Gasteiger partial charge in [0.05, 0.1) is 24.9 Å². The highest BCUT2D eigenvalue weighted by atomic mass is 19.1. The number of carbonyl (C=O) groups excluding carboxylic acids is 4. The fraction of sp³-hybridized carbons (Fsp3) is 0.333. The second-order valence-corrected chi connectivity index (χ2v) is 11.4. The number of ether oxygens (including phenoxy) is 2. The third kappa shape index (κ3) is 5.95. The number of halogens is 1. The van der Waals surface area contributed by atoms with Crippen molar-refractivity contribution < 1.29 is 33.0 Å². The Morgan fingerprint density at radius 2 is 1.84 bits per heavy atom. The summed E-state index contributed by atoms with van der Waals surface area (Å²) in [4.78, 5) is 53.2. The van der Waals surface area contributed by atoms with Crippen LogP contribution >= 0.6 is 0 Å². The molecular formula is C33H33FN4O6. The van der Waals surface area contributed by atoms with E-state index in [1.54, 1.807) is 29.2 Å². The smallest absolute Gasteiger partial charge is 0.412 e. The first kappa shape index (κ1) is 29.2. The molecule has 3 aromatic carbocycles. The maximum absolute atomic E-state index is 16.0. The molecule has 2 fully saturated rings. The molecular weight excluding hydrogens is 567 g/mol. The summed E-state index contributed by atoms with van der Waals surface area (Å²) in [6.07, 6.45) is 1.55. The van der Waals surface area contributed by atoms with E-state index in [0.29, 0.717) is 36.3 Å². The largest absolute Gasteiger partial charge is 0.453 e. The SMILES string of the molecule is COC(=O)Nc1ccc(C(=O)N[C@@H](Cc2ccccc2)C(=O)N2CCC[C@@]3(C2)OC(=O)Nc2ccc(C4CC4)c(F)c23)cc1. The topological polar surface area (TPSA) is 126 Å². The van der Waals surface area contributed by atoms with E-state index in [4.69, 9.17) is 4.74 Å². The number of nitrogens with one attached hydrogen (secondary N) is 3. The minimum Gasteiger partial charge on any atom is -0.453 e. The second kappa shape index (κ2) is 12.0. The van der Waals surface area contributed by atoms with Crippen molar-refractivity contribution in [3.05, 3.63) is 94.8 Å². The van der Waals surface area contributed by atoms with E-state index in [1.807, 2.05) is 30.3 Å². The molecule has 6 rings (SSSR count). The van der Waals surface area contributed by atoms with Crippen LogP contribution in [0.1, 0.15) is 58.6 Å². The number of amides is 4. The van der Waals surface area contributed by atoms with Gasteiger partial charge in [-0.2, -0.15) is 0 Å². The van der Waals surface area contributed by atoms with Gasteiger partial charge in [-0.05, 0) is 73.1 Å². The Hall–Kier alpha value is -4.93. The number of carbonyl (C=O) groups is 4. The van der Waals surface area contributed by atoms with Crippen molar-refractivity contribution in [2.75, 3.05) is 30.8 Å². The predicted octanol–water partition coefficient (Wildman–Crippen LogP) is 5.30. The lowest BCUT2D eigenvalue weighted by atomic mass is 9.81. The van der Waals surface area contributed by atoms with Gasteiger partial charge in [0.1, 0.15) is 11.9 Å². The molecule has 1 saturated carbocycles. The third-order valence-electron chi connectivity index (χ3n) is 8.40. The van der Waals surface area contributed by atoms with Crippen molar-refractivity contribution in [1.29, 1.82) is 0 Å². The minimum absolute atomic E-state index is 0.0354. The van der Waals surface area contributed by atoms with Crippen LogP contribution in [0.4, 0.5) is 25.4 Å². The standard InChI is InChI=1S/C33H33FN4O6/c1-43-31(41)35-23-12-10-22(11-13-23)29(39)36-26(18-20-6-3-2-4-7-20)30(40)38-17-5-16-33(19-38)27-25(37-32(42)44-33)15-14-24(28(27)34)21-8-9-21/h2-4,6-7,10-15,21,26H,5,8-9,16-19H2,1H3,(H,35,41)(H,36,39)(H,37,42)/t26-,33-/m0/s1. The number of benzene rings is 3. The number of hydrogen-bond donors (Lipinski definition) is 3. The molecule has 2 atom stereocenters. The van der Waals surface area contributed by atoms with Gasteiger partial charge in [0.15, 0.2) is 5.60 Å². The molecule has 1 spiro atoms. The highest BCUT2D eigenvalue weighted by molar-refractivity contribution is 5.98. The van der Waals surface area contributed by atoms with E-state index in [-0.39, 0.29) is 35.9 Å². The first-order chi connectivity index (χ1) is 21.3. The summed E-state index contributed by atoms with van der Waals surface area (Å²) < 4.78 is 26.5. The summed E-state index contributed by atoms with van der Waals surface area (Å²) in [6, 6.07) is 18.0. The number of nitrogens with zero attached hydrogens (tertiary/aromatic N) is 1. The minimum atomic E-state index is -1.34. The summed E-state index contributed by atoms with van der Waals surface area (Å²) in [5, 5.41) is 8.03. The fourth-order valence-electron chi connectivity index (χ4n) is 6.10. The molecule has 1 aliphatic carbocycles. The zero-order valence-electron chi connectivity index (χ0n) is 24.2. The first-order valence-electron chi connectivity index (χ1n) is 14.7. The average Bonchev–Trinajstić information content (AvgIpc) is 3.86.